The standard InChI is InChI=1S/C14H18N4O4S2/c1-18(2)14-9-11(7-8-16-14)10-17-24(21,22)13-5-3-12(4-6-13)23(15,19)20/h3-9,17H,10H2,1-2H3,(H2,15,19,20). The third-order valence-electron chi connectivity index (χ3n) is 3.20. The predicted octanol–water partition coefficient (Wildman–Crippen LogP) is 0.274. The largest absolute Gasteiger partial charge is 0.363 e. The number of benzene rings is 1. The maximum atomic E-state index is 12.3. The fourth-order valence-corrected chi connectivity index (χ4v) is 3.42. The molecule has 24 heavy (non-hydrogen) atoms. The Bertz CT molecular complexity index is 924. The van der Waals surface area contributed by atoms with Gasteiger partial charge in [0.05, 0.1) is 9.79 Å². The Balaban J connectivity index is 2.15. The lowest BCUT2D eigenvalue weighted by Crippen LogP contribution is -2.23. The normalized spacial score (nSPS) is 12.1. The van der Waals surface area contributed by atoms with Gasteiger partial charge in [-0.2, -0.15) is 0 Å². The van der Waals surface area contributed by atoms with Crippen LogP contribution in [0.4, 0.5) is 5.82 Å². The minimum Gasteiger partial charge on any atom is -0.363 e. The number of anilines is 1. The summed E-state index contributed by atoms with van der Waals surface area (Å²) in [6.07, 6.45) is 1.60. The van der Waals surface area contributed by atoms with Crippen molar-refractivity contribution in [2.24, 2.45) is 5.14 Å². The highest BCUT2D eigenvalue weighted by Crippen LogP contribution is 2.14. The molecule has 0 aliphatic heterocycles. The number of sulfonamides is 2. The topological polar surface area (TPSA) is 122 Å². The maximum Gasteiger partial charge on any atom is 0.240 e. The molecule has 0 amide bonds. The fourth-order valence-electron chi connectivity index (χ4n) is 1.89. The SMILES string of the molecule is CN(C)c1cc(CNS(=O)(=O)c2ccc(S(N)(=O)=O)cc2)ccn1. The van der Waals surface area contributed by atoms with E-state index in [-0.39, 0.29) is 16.3 Å². The molecular weight excluding hydrogens is 352 g/mol. The van der Waals surface area contributed by atoms with Gasteiger partial charge in [-0.15, -0.1) is 0 Å². The van der Waals surface area contributed by atoms with E-state index in [0.29, 0.717) is 5.82 Å². The van der Waals surface area contributed by atoms with Crippen molar-refractivity contribution in [1.29, 1.82) is 0 Å². The first-order valence-corrected chi connectivity index (χ1v) is 9.87. The van der Waals surface area contributed by atoms with Crippen LogP contribution in [-0.2, 0) is 26.6 Å². The van der Waals surface area contributed by atoms with E-state index in [2.05, 4.69) is 9.71 Å². The van der Waals surface area contributed by atoms with Crippen molar-refractivity contribution in [3.8, 4) is 0 Å². The summed E-state index contributed by atoms with van der Waals surface area (Å²) >= 11 is 0. The summed E-state index contributed by atoms with van der Waals surface area (Å²) in [5.41, 5.74) is 0.749. The van der Waals surface area contributed by atoms with Gasteiger partial charge in [-0.1, -0.05) is 0 Å². The van der Waals surface area contributed by atoms with Crippen LogP contribution in [0.25, 0.3) is 0 Å². The lowest BCUT2D eigenvalue weighted by atomic mass is 10.2. The van der Waals surface area contributed by atoms with E-state index in [4.69, 9.17) is 5.14 Å². The quantitative estimate of drug-likeness (QED) is 0.753. The summed E-state index contributed by atoms with van der Waals surface area (Å²) in [5, 5.41) is 4.99. The zero-order chi connectivity index (χ0) is 18.0. The number of nitrogens with zero attached hydrogens (tertiary/aromatic N) is 2. The molecule has 0 atom stereocenters. The molecule has 0 fully saturated rings. The summed E-state index contributed by atoms with van der Waals surface area (Å²) in [5.74, 6) is 0.712. The second-order valence-electron chi connectivity index (χ2n) is 5.26. The monoisotopic (exact) mass is 370 g/mol. The minimum atomic E-state index is -3.86. The minimum absolute atomic E-state index is 0.0446. The Kier molecular flexibility index (Phi) is 5.23. The highest BCUT2D eigenvalue weighted by atomic mass is 32.2. The Morgan fingerprint density at radius 2 is 1.62 bits per heavy atom. The second-order valence-corrected chi connectivity index (χ2v) is 8.59. The number of hydrogen-bond acceptors (Lipinski definition) is 6. The van der Waals surface area contributed by atoms with E-state index in [1.807, 2.05) is 19.0 Å². The maximum absolute atomic E-state index is 12.3. The van der Waals surface area contributed by atoms with Gasteiger partial charge in [-0.25, -0.2) is 31.7 Å². The predicted molar refractivity (Wildman–Crippen MR) is 90.4 cm³/mol. The number of nitrogens with one attached hydrogen (secondary N) is 1. The van der Waals surface area contributed by atoms with Crippen molar-refractivity contribution in [3.63, 3.8) is 0 Å². The molecule has 0 spiro atoms. The Labute approximate surface area is 141 Å². The third kappa shape index (κ3) is 4.51. The van der Waals surface area contributed by atoms with Crippen LogP contribution in [0.5, 0.6) is 0 Å². The van der Waals surface area contributed by atoms with E-state index in [9.17, 15) is 16.8 Å². The number of aromatic nitrogens is 1. The molecule has 0 radical (unpaired) electrons. The lowest BCUT2D eigenvalue weighted by molar-refractivity contribution is 0.580. The van der Waals surface area contributed by atoms with Crippen molar-refractivity contribution >= 4 is 25.9 Å². The van der Waals surface area contributed by atoms with Crippen molar-refractivity contribution in [2.45, 2.75) is 16.3 Å². The smallest absolute Gasteiger partial charge is 0.240 e. The van der Waals surface area contributed by atoms with Gasteiger partial charge >= 0.3 is 0 Å². The van der Waals surface area contributed by atoms with Crippen LogP contribution in [0, 0.1) is 0 Å². The van der Waals surface area contributed by atoms with Crippen LogP contribution in [-0.4, -0.2) is 35.9 Å². The molecule has 0 saturated carbocycles. The molecule has 0 aliphatic rings. The molecule has 130 valence electrons. The number of hydrogen-bond donors (Lipinski definition) is 2. The summed E-state index contributed by atoms with van der Waals surface area (Å²) < 4.78 is 49.4. The van der Waals surface area contributed by atoms with Crippen LogP contribution in [0.2, 0.25) is 0 Å². The summed E-state index contributed by atoms with van der Waals surface area (Å²) in [7, 11) is -3.96. The first-order valence-electron chi connectivity index (χ1n) is 6.84. The van der Waals surface area contributed by atoms with Crippen LogP contribution in [0.1, 0.15) is 5.56 Å². The van der Waals surface area contributed by atoms with Gasteiger partial charge in [0.2, 0.25) is 20.0 Å². The zero-order valence-corrected chi connectivity index (χ0v) is 14.8. The van der Waals surface area contributed by atoms with E-state index in [1.54, 1.807) is 18.3 Å². The molecule has 2 aromatic rings. The van der Waals surface area contributed by atoms with E-state index < -0.39 is 20.0 Å². The van der Waals surface area contributed by atoms with Gasteiger partial charge in [-0.05, 0) is 42.0 Å². The zero-order valence-electron chi connectivity index (χ0n) is 13.2. The molecule has 2 rings (SSSR count). The van der Waals surface area contributed by atoms with E-state index in [1.165, 1.54) is 12.1 Å². The highest BCUT2D eigenvalue weighted by molar-refractivity contribution is 7.89. The van der Waals surface area contributed by atoms with Crippen LogP contribution < -0.4 is 14.8 Å². The van der Waals surface area contributed by atoms with Gasteiger partial charge in [0.1, 0.15) is 5.82 Å². The Morgan fingerprint density at radius 1 is 1.04 bits per heavy atom. The average Bonchev–Trinajstić information content (AvgIpc) is 2.52. The fraction of sp³-hybridized carbons (Fsp3) is 0.214. The number of pyridine rings is 1. The summed E-state index contributed by atoms with van der Waals surface area (Å²) in [4.78, 5) is 5.77. The number of primary sulfonamides is 1. The number of rotatable bonds is 6. The molecule has 1 heterocycles. The highest BCUT2D eigenvalue weighted by Gasteiger charge is 2.15. The van der Waals surface area contributed by atoms with Crippen molar-refractivity contribution in [1.82, 2.24) is 9.71 Å². The Hall–Kier alpha value is -2.01. The molecule has 3 N–H and O–H groups in total. The van der Waals surface area contributed by atoms with Crippen LogP contribution in [0.15, 0.2) is 52.4 Å². The van der Waals surface area contributed by atoms with Crippen molar-refractivity contribution < 1.29 is 16.8 Å². The first-order chi connectivity index (χ1) is 11.1. The molecule has 8 nitrogen and oxygen atoms in total. The van der Waals surface area contributed by atoms with Crippen molar-refractivity contribution in [2.75, 3.05) is 19.0 Å². The van der Waals surface area contributed by atoms with Gasteiger partial charge in [-0.3, -0.25) is 0 Å². The molecular formula is C14H18N4O4S2. The molecule has 10 heteroatoms. The molecule has 0 bridgehead atoms. The molecule has 0 unspecified atom stereocenters. The van der Waals surface area contributed by atoms with Gasteiger partial charge in [0.15, 0.2) is 0 Å². The van der Waals surface area contributed by atoms with Crippen molar-refractivity contribution in [3.05, 3.63) is 48.2 Å². The van der Waals surface area contributed by atoms with Gasteiger partial charge < -0.3 is 4.90 Å². The molecule has 0 aliphatic carbocycles. The summed E-state index contributed by atoms with van der Waals surface area (Å²) in [6, 6.07) is 8.17. The molecule has 1 aromatic heterocycles. The lowest BCUT2D eigenvalue weighted by Gasteiger charge is -2.12. The van der Waals surface area contributed by atoms with Gasteiger partial charge in [0, 0.05) is 26.8 Å². The van der Waals surface area contributed by atoms with E-state index in [0.717, 1.165) is 17.7 Å². The number of nitrogens with two attached hydrogens (primary N) is 1. The van der Waals surface area contributed by atoms with E-state index >= 15 is 0 Å². The third-order valence-corrected chi connectivity index (χ3v) is 5.54. The van der Waals surface area contributed by atoms with Crippen LogP contribution in [0.3, 0.4) is 0 Å². The first kappa shape index (κ1) is 18.3. The molecule has 1 aromatic carbocycles. The average molecular weight is 370 g/mol. The Morgan fingerprint density at radius 3 is 2.17 bits per heavy atom. The van der Waals surface area contributed by atoms with Crippen LogP contribution >= 0.6 is 0 Å². The summed E-state index contributed by atoms with van der Waals surface area (Å²) in [6.45, 7) is 0.0859. The second kappa shape index (κ2) is 6.85. The molecule has 0 saturated heterocycles. The van der Waals surface area contributed by atoms with Gasteiger partial charge in [0.25, 0.3) is 0 Å².